The van der Waals surface area contributed by atoms with Crippen molar-refractivity contribution in [2.45, 2.75) is 52.2 Å². The van der Waals surface area contributed by atoms with E-state index in [1.165, 1.54) is 5.56 Å². The molecule has 0 saturated heterocycles. The van der Waals surface area contributed by atoms with E-state index in [2.05, 4.69) is 33.0 Å². The third kappa shape index (κ3) is 4.14. The standard InChI is InChI=1S/C15H25NO/c1-6-15(17,11-16-14(3,4)5)13-9-7-12(2)8-10-13/h7-10,16-17H,6,11H2,1-5H3. The fourth-order valence-electron chi connectivity index (χ4n) is 1.71. The molecule has 1 aromatic carbocycles. The molecule has 0 aromatic heterocycles. The van der Waals surface area contributed by atoms with E-state index in [-0.39, 0.29) is 5.54 Å². The Morgan fingerprint density at radius 2 is 1.65 bits per heavy atom. The second-order valence-corrected chi connectivity index (χ2v) is 5.85. The Balaban J connectivity index is 2.84. The van der Waals surface area contributed by atoms with Crippen LogP contribution in [0.4, 0.5) is 0 Å². The third-order valence-electron chi connectivity index (χ3n) is 3.08. The number of hydrogen-bond donors (Lipinski definition) is 2. The monoisotopic (exact) mass is 235 g/mol. The predicted octanol–water partition coefficient (Wildman–Crippen LogP) is 2.98. The summed E-state index contributed by atoms with van der Waals surface area (Å²) in [6, 6.07) is 8.13. The highest BCUT2D eigenvalue weighted by atomic mass is 16.3. The van der Waals surface area contributed by atoms with Gasteiger partial charge in [-0.15, -0.1) is 0 Å². The van der Waals surface area contributed by atoms with Crippen LogP contribution in [-0.4, -0.2) is 17.2 Å². The van der Waals surface area contributed by atoms with Crippen LogP contribution in [0.2, 0.25) is 0 Å². The lowest BCUT2D eigenvalue weighted by Gasteiger charge is -2.32. The maximum atomic E-state index is 10.7. The summed E-state index contributed by atoms with van der Waals surface area (Å²) in [6.07, 6.45) is 0.707. The van der Waals surface area contributed by atoms with Crippen LogP contribution in [-0.2, 0) is 5.60 Å². The Kier molecular flexibility index (Phi) is 4.34. The molecule has 0 aliphatic carbocycles. The second kappa shape index (κ2) is 5.19. The van der Waals surface area contributed by atoms with Gasteiger partial charge in [0, 0.05) is 12.1 Å². The lowest BCUT2D eigenvalue weighted by atomic mass is 9.89. The number of aliphatic hydroxyl groups is 1. The lowest BCUT2D eigenvalue weighted by Crippen LogP contribution is -2.45. The molecule has 1 aromatic rings. The highest BCUT2D eigenvalue weighted by Gasteiger charge is 2.28. The van der Waals surface area contributed by atoms with Gasteiger partial charge in [0.1, 0.15) is 5.60 Å². The van der Waals surface area contributed by atoms with E-state index in [4.69, 9.17) is 0 Å². The average Bonchev–Trinajstić information content (AvgIpc) is 2.26. The SMILES string of the molecule is CCC(O)(CNC(C)(C)C)c1ccc(C)cc1. The molecule has 0 amide bonds. The Morgan fingerprint density at radius 1 is 1.12 bits per heavy atom. The summed E-state index contributed by atoms with van der Waals surface area (Å²) >= 11 is 0. The Bertz CT molecular complexity index is 350. The van der Waals surface area contributed by atoms with Crippen LogP contribution in [0.15, 0.2) is 24.3 Å². The van der Waals surface area contributed by atoms with Crippen molar-refractivity contribution >= 4 is 0 Å². The van der Waals surface area contributed by atoms with Gasteiger partial charge in [-0.1, -0.05) is 36.8 Å². The molecule has 1 rings (SSSR count). The molecule has 0 saturated carbocycles. The van der Waals surface area contributed by atoms with Gasteiger partial charge in [0.05, 0.1) is 0 Å². The molecular formula is C15H25NO. The fourth-order valence-corrected chi connectivity index (χ4v) is 1.71. The molecule has 1 atom stereocenters. The normalized spacial score (nSPS) is 15.6. The minimum atomic E-state index is -0.777. The number of nitrogens with one attached hydrogen (secondary N) is 1. The van der Waals surface area contributed by atoms with Gasteiger partial charge in [0.25, 0.3) is 0 Å². The summed E-state index contributed by atoms with van der Waals surface area (Å²) in [5, 5.41) is 14.1. The molecule has 2 nitrogen and oxygen atoms in total. The number of benzene rings is 1. The number of hydrogen-bond acceptors (Lipinski definition) is 2. The first kappa shape index (κ1) is 14.2. The van der Waals surface area contributed by atoms with Crippen molar-refractivity contribution in [1.29, 1.82) is 0 Å². The lowest BCUT2D eigenvalue weighted by molar-refractivity contribution is 0.0266. The zero-order valence-corrected chi connectivity index (χ0v) is 11.7. The van der Waals surface area contributed by atoms with E-state index in [0.717, 1.165) is 5.56 Å². The van der Waals surface area contributed by atoms with Crippen LogP contribution < -0.4 is 5.32 Å². The van der Waals surface area contributed by atoms with E-state index in [1.54, 1.807) is 0 Å². The van der Waals surface area contributed by atoms with E-state index < -0.39 is 5.60 Å². The molecule has 0 spiro atoms. The van der Waals surface area contributed by atoms with E-state index in [9.17, 15) is 5.11 Å². The molecule has 0 aliphatic rings. The Hall–Kier alpha value is -0.860. The molecule has 2 N–H and O–H groups in total. The fraction of sp³-hybridized carbons (Fsp3) is 0.600. The summed E-state index contributed by atoms with van der Waals surface area (Å²) in [6.45, 7) is 11.0. The molecule has 17 heavy (non-hydrogen) atoms. The molecule has 0 aliphatic heterocycles. The van der Waals surface area contributed by atoms with Gasteiger partial charge in [-0.2, -0.15) is 0 Å². The van der Waals surface area contributed by atoms with Gasteiger partial charge in [-0.3, -0.25) is 0 Å². The van der Waals surface area contributed by atoms with Gasteiger partial charge in [0.15, 0.2) is 0 Å². The first-order valence-corrected chi connectivity index (χ1v) is 6.31. The highest BCUT2D eigenvalue weighted by molar-refractivity contribution is 5.26. The van der Waals surface area contributed by atoms with E-state index in [0.29, 0.717) is 13.0 Å². The highest BCUT2D eigenvalue weighted by Crippen LogP contribution is 2.25. The first-order valence-electron chi connectivity index (χ1n) is 6.31. The third-order valence-corrected chi connectivity index (χ3v) is 3.08. The van der Waals surface area contributed by atoms with Crippen LogP contribution in [0.1, 0.15) is 45.2 Å². The summed E-state index contributed by atoms with van der Waals surface area (Å²) in [4.78, 5) is 0. The zero-order chi connectivity index (χ0) is 13.1. The largest absolute Gasteiger partial charge is 0.384 e. The molecule has 0 fully saturated rings. The Labute approximate surface area is 105 Å². The number of aryl methyl sites for hydroxylation is 1. The molecule has 0 heterocycles. The van der Waals surface area contributed by atoms with Crippen LogP contribution in [0, 0.1) is 6.92 Å². The van der Waals surface area contributed by atoms with Crippen LogP contribution >= 0.6 is 0 Å². The summed E-state index contributed by atoms with van der Waals surface area (Å²) in [7, 11) is 0. The van der Waals surface area contributed by atoms with Crippen molar-refractivity contribution in [2.24, 2.45) is 0 Å². The summed E-state index contributed by atoms with van der Waals surface area (Å²) < 4.78 is 0. The maximum Gasteiger partial charge on any atom is 0.102 e. The molecular weight excluding hydrogens is 210 g/mol. The van der Waals surface area contributed by atoms with Gasteiger partial charge in [0.2, 0.25) is 0 Å². The summed E-state index contributed by atoms with van der Waals surface area (Å²) in [5.74, 6) is 0. The van der Waals surface area contributed by atoms with Gasteiger partial charge in [-0.05, 0) is 39.7 Å². The molecule has 96 valence electrons. The van der Waals surface area contributed by atoms with E-state index in [1.807, 2.05) is 31.2 Å². The maximum absolute atomic E-state index is 10.7. The van der Waals surface area contributed by atoms with Gasteiger partial charge >= 0.3 is 0 Å². The molecule has 1 unspecified atom stereocenters. The quantitative estimate of drug-likeness (QED) is 0.841. The van der Waals surface area contributed by atoms with Crippen molar-refractivity contribution in [3.05, 3.63) is 35.4 Å². The minimum absolute atomic E-state index is 0.0217. The topological polar surface area (TPSA) is 32.3 Å². The van der Waals surface area contributed by atoms with Crippen molar-refractivity contribution in [3.63, 3.8) is 0 Å². The van der Waals surface area contributed by atoms with Crippen molar-refractivity contribution < 1.29 is 5.11 Å². The summed E-state index contributed by atoms with van der Waals surface area (Å²) in [5.41, 5.74) is 1.45. The average molecular weight is 235 g/mol. The second-order valence-electron chi connectivity index (χ2n) is 5.85. The Morgan fingerprint density at radius 3 is 2.06 bits per heavy atom. The molecule has 0 radical (unpaired) electrons. The smallest absolute Gasteiger partial charge is 0.102 e. The first-order chi connectivity index (χ1) is 7.77. The van der Waals surface area contributed by atoms with Crippen molar-refractivity contribution in [1.82, 2.24) is 5.32 Å². The molecule has 2 heteroatoms. The van der Waals surface area contributed by atoms with Crippen LogP contribution in [0.5, 0.6) is 0 Å². The predicted molar refractivity (Wildman–Crippen MR) is 73.1 cm³/mol. The number of rotatable bonds is 4. The van der Waals surface area contributed by atoms with Crippen LogP contribution in [0.3, 0.4) is 0 Å². The van der Waals surface area contributed by atoms with Gasteiger partial charge in [-0.25, -0.2) is 0 Å². The van der Waals surface area contributed by atoms with E-state index >= 15 is 0 Å². The van der Waals surface area contributed by atoms with Crippen molar-refractivity contribution in [2.75, 3.05) is 6.54 Å². The van der Waals surface area contributed by atoms with Crippen molar-refractivity contribution in [3.8, 4) is 0 Å². The minimum Gasteiger partial charge on any atom is -0.384 e. The zero-order valence-electron chi connectivity index (χ0n) is 11.7. The van der Waals surface area contributed by atoms with Crippen LogP contribution in [0.25, 0.3) is 0 Å². The molecule has 0 bridgehead atoms. The number of β-amino-alcohol motifs (C(OH)–C–C–N with tert-alkyl or cyclic N) is 1. The van der Waals surface area contributed by atoms with Gasteiger partial charge < -0.3 is 10.4 Å².